The molecule has 0 aliphatic rings. The first-order valence-electron chi connectivity index (χ1n) is 14.9. The summed E-state index contributed by atoms with van der Waals surface area (Å²) >= 11 is 3.63. The quantitative estimate of drug-likeness (QED) is 0.106. The lowest BCUT2D eigenvalue weighted by molar-refractivity contribution is 0.593. The number of rotatable bonds is 7. The van der Waals surface area contributed by atoms with Gasteiger partial charge in [-0.1, -0.05) is 79.4 Å². The van der Waals surface area contributed by atoms with E-state index in [1.165, 1.54) is 51.5 Å². The summed E-state index contributed by atoms with van der Waals surface area (Å²) in [5.74, 6) is 0. The Labute approximate surface area is 274 Å². The molecule has 0 aliphatic carbocycles. The normalized spacial score (nSPS) is 13.1. The Bertz CT molecular complexity index is 2560. The fourth-order valence-electron chi connectivity index (χ4n) is 6.12. The number of hydrogen-bond donors (Lipinski definition) is 1. The maximum Gasteiger partial charge on any atom is 0.205 e. The molecule has 0 saturated heterocycles. The molecule has 0 spiro atoms. The molecule has 6 heteroatoms. The zero-order valence-electron chi connectivity index (χ0n) is 24.7. The second-order valence-electron chi connectivity index (χ2n) is 11.2. The Morgan fingerprint density at radius 3 is 1.80 bits per heavy atom. The summed E-state index contributed by atoms with van der Waals surface area (Å²) in [6.45, 7) is 3.71. The summed E-state index contributed by atoms with van der Waals surface area (Å²) < 4.78 is 19.8. The lowest BCUT2D eigenvalue weighted by Crippen LogP contribution is -2.23. The Balaban J connectivity index is 1.23. The number of aromatic nitrogens is 1. The van der Waals surface area contributed by atoms with E-state index >= 15 is 0 Å². The summed E-state index contributed by atoms with van der Waals surface area (Å²) in [6.07, 6.45) is 6.41. The number of fused-ring (bicyclic) bond motifs is 6. The van der Waals surface area contributed by atoms with E-state index in [0.717, 1.165) is 11.1 Å². The number of pyridine rings is 1. The standard InChI is InChI=1S/C40H27N2OPS2/c1-2-3-13-39(41)44(43,40-14-6-7-21-42-40)30-10-8-9-26(22-30)27-15-19-37-33(24-27)34-25-29(17-20-38(34)46-37)28-16-18-36-32(23-28)31-11-4-5-12-35(31)45-36/h2-25,41H,1H2/b13-3-,41-39?. The van der Waals surface area contributed by atoms with Gasteiger partial charge in [-0.25, -0.2) is 0 Å². The second kappa shape index (κ2) is 11.5. The van der Waals surface area contributed by atoms with Gasteiger partial charge in [-0.2, -0.15) is 0 Å². The van der Waals surface area contributed by atoms with Gasteiger partial charge in [-0.3, -0.25) is 10.4 Å². The lowest BCUT2D eigenvalue weighted by Gasteiger charge is -2.18. The summed E-state index contributed by atoms with van der Waals surface area (Å²) in [4.78, 5) is 4.43. The number of hydrogen-bond acceptors (Lipinski definition) is 5. The Hall–Kier alpha value is -4.93. The van der Waals surface area contributed by atoms with Gasteiger partial charge in [-0.15, -0.1) is 22.7 Å². The van der Waals surface area contributed by atoms with Crippen LogP contribution in [0.25, 0.3) is 62.6 Å². The Morgan fingerprint density at radius 1 is 0.630 bits per heavy atom. The minimum Gasteiger partial charge on any atom is -0.305 e. The first kappa shape index (κ1) is 28.5. The van der Waals surface area contributed by atoms with Crippen molar-refractivity contribution in [2.75, 3.05) is 0 Å². The molecular weight excluding hydrogens is 620 g/mol. The van der Waals surface area contributed by atoms with Gasteiger partial charge in [0.25, 0.3) is 0 Å². The molecule has 0 saturated carbocycles. The third kappa shape index (κ3) is 4.76. The van der Waals surface area contributed by atoms with E-state index in [1.807, 2.05) is 41.7 Å². The monoisotopic (exact) mass is 646 g/mol. The first-order valence-corrected chi connectivity index (χ1v) is 18.3. The summed E-state index contributed by atoms with van der Waals surface area (Å²) in [6, 6.07) is 41.8. The largest absolute Gasteiger partial charge is 0.305 e. The molecule has 1 atom stereocenters. The van der Waals surface area contributed by atoms with Crippen LogP contribution in [0, 0.1) is 5.41 Å². The molecule has 46 heavy (non-hydrogen) atoms. The van der Waals surface area contributed by atoms with Crippen molar-refractivity contribution in [2.45, 2.75) is 0 Å². The van der Waals surface area contributed by atoms with E-state index in [-0.39, 0.29) is 5.45 Å². The highest BCUT2D eigenvalue weighted by Crippen LogP contribution is 2.46. The van der Waals surface area contributed by atoms with E-state index in [1.54, 1.807) is 47.9 Å². The third-order valence-corrected chi connectivity index (χ3v) is 13.5. The fourth-order valence-corrected chi connectivity index (χ4v) is 10.5. The highest BCUT2D eigenvalue weighted by Gasteiger charge is 2.33. The van der Waals surface area contributed by atoms with Crippen molar-refractivity contribution in [3.8, 4) is 22.3 Å². The minimum absolute atomic E-state index is 0.0173. The molecule has 0 bridgehead atoms. The predicted molar refractivity (Wildman–Crippen MR) is 201 cm³/mol. The van der Waals surface area contributed by atoms with Gasteiger partial charge in [0.2, 0.25) is 7.14 Å². The van der Waals surface area contributed by atoms with Crippen LogP contribution in [0.2, 0.25) is 0 Å². The van der Waals surface area contributed by atoms with Gasteiger partial charge in [0.05, 0.1) is 0 Å². The smallest absolute Gasteiger partial charge is 0.205 e. The van der Waals surface area contributed by atoms with Crippen molar-refractivity contribution in [1.29, 1.82) is 5.41 Å². The maximum atomic E-state index is 14.7. The number of nitrogens with one attached hydrogen (secondary N) is 1. The van der Waals surface area contributed by atoms with Crippen LogP contribution in [0.15, 0.2) is 152 Å². The lowest BCUT2D eigenvalue weighted by atomic mass is 9.99. The molecular formula is C40H27N2OPS2. The van der Waals surface area contributed by atoms with E-state index < -0.39 is 7.14 Å². The SMILES string of the molecule is C=C/C=C\C(=N)P(=O)(c1cccc(-c2ccc3sc4ccc(-c5ccc6sc7ccccc7c6c5)cc4c3c2)c1)c1ccccn1. The molecule has 0 radical (unpaired) electrons. The van der Waals surface area contributed by atoms with Gasteiger partial charge in [-0.05, 0) is 89.0 Å². The summed E-state index contributed by atoms with van der Waals surface area (Å²) in [5, 5.41) is 14.4. The van der Waals surface area contributed by atoms with Crippen LogP contribution in [0.4, 0.5) is 0 Å². The molecule has 5 aromatic carbocycles. The predicted octanol–water partition coefficient (Wildman–Crippen LogP) is 11.2. The molecule has 8 rings (SSSR count). The topological polar surface area (TPSA) is 53.8 Å². The molecule has 220 valence electrons. The molecule has 0 aliphatic heterocycles. The van der Waals surface area contributed by atoms with E-state index in [9.17, 15) is 4.57 Å². The van der Waals surface area contributed by atoms with Crippen LogP contribution < -0.4 is 10.7 Å². The summed E-state index contributed by atoms with van der Waals surface area (Å²) in [7, 11) is -3.50. The van der Waals surface area contributed by atoms with Crippen LogP contribution in [0.1, 0.15) is 0 Å². The van der Waals surface area contributed by atoms with Crippen molar-refractivity contribution in [1.82, 2.24) is 4.98 Å². The van der Waals surface area contributed by atoms with Crippen LogP contribution in [0.3, 0.4) is 0 Å². The average molecular weight is 647 g/mol. The fraction of sp³-hybridized carbons (Fsp3) is 0. The van der Waals surface area contributed by atoms with Crippen molar-refractivity contribution in [2.24, 2.45) is 0 Å². The highest BCUT2D eigenvalue weighted by molar-refractivity contribution is 7.93. The average Bonchev–Trinajstić information content (AvgIpc) is 3.67. The molecule has 0 fully saturated rings. The van der Waals surface area contributed by atoms with Crippen molar-refractivity contribution in [3.05, 3.63) is 152 Å². The highest BCUT2D eigenvalue weighted by atomic mass is 32.1. The molecule has 1 unspecified atom stereocenters. The van der Waals surface area contributed by atoms with Crippen molar-refractivity contribution >= 4 is 86.4 Å². The van der Waals surface area contributed by atoms with Gasteiger partial charge >= 0.3 is 0 Å². The zero-order chi connectivity index (χ0) is 31.3. The van der Waals surface area contributed by atoms with E-state index in [4.69, 9.17) is 5.41 Å². The Morgan fingerprint density at radius 2 is 1.20 bits per heavy atom. The number of benzene rings is 5. The van der Waals surface area contributed by atoms with Crippen LogP contribution >= 0.6 is 29.8 Å². The molecule has 1 N–H and O–H groups in total. The number of nitrogens with zero attached hydrogens (tertiary/aromatic N) is 1. The maximum absolute atomic E-state index is 14.7. The van der Waals surface area contributed by atoms with Gasteiger partial charge in [0, 0.05) is 51.8 Å². The molecule has 3 heterocycles. The van der Waals surface area contributed by atoms with Gasteiger partial charge in [0.1, 0.15) is 10.9 Å². The van der Waals surface area contributed by atoms with Crippen LogP contribution in [-0.2, 0) is 4.57 Å². The zero-order valence-corrected chi connectivity index (χ0v) is 27.2. The second-order valence-corrected chi connectivity index (χ2v) is 16.0. The number of allylic oxidation sites excluding steroid dienone is 3. The summed E-state index contributed by atoms with van der Waals surface area (Å²) in [5.41, 5.74) is 4.79. The first-order chi connectivity index (χ1) is 22.5. The molecule has 8 aromatic rings. The third-order valence-electron chi connectivity index (χ3n) is 8.42. The van der Waals surface area contributed by atoms with Crippen molar-refractivity contribution in [3.63, 3.8) is 0 Å². The van der Waals surface area contributed by atoms with Crippen molar-refractivity contribution < 1.29 is 4.57 Å². The van der Waals surface area contributed by atoms with E-state index in [0.29, 0.717) is 10.7 Å². The minimum atomic E-state index is -3.50. The molecule has 3 aromatic heterocycles. The number of thiophene rings is 2. The van der Waals surface area contributed by atoms with Crippen LogP contribution in [0.5, 0.6) is 0 Å². The molecule has 0 amide bonds. The van der Waals surface area contributed by atoms with Gasteiger partial charge in [0.15, 0.2) is 0 Å². The van der Waals surface area contributed by atoms with E-state index in [2.05, 4.69) is 90.4 Å². The van der Waals surface area contributed by atoms with Gasteiger partial charge < -0.3 is 4.57 Å². The van der Waals surface area contributed by atoms with Crippen LogP contribution in [-0.4, -0.2) is 10.4 Å². The Kier molecular flexibility index (Phi) is 7.11. The molecule has 3 nitrogen and oxygen atoms in total.